The molecule has 10 heteroatoms. The third kappa shape index (κ3) is 5.47. The first-order valence-electron chi connectivity index (χ1n) is 9.06. The summed E-state index contributed by atoms with van der Waals surface area (Å²) in [6, 6.07) is 12.6. The minimum atomic E-state index is -0.932. The first-order valence-corrected chi connectivity index (χ1v) is 9.06. The van der Waals surface area contributed by atoms with Gasteiger partial charge in [-0.2, -0.15) is 0 Å². The van der Waals surface area contributed by atoms with Gasteiger partial charge in [-0.25, -0.2) is 9.59 Å². The van der Waals surface area contributed by atoms with Crippen molar-refractivity contribution in [2.45, 2.75) is 12.8 Å². The smallest absolute Gasteiger partial charge is 0.399 e. The van der Waals surface area contributed by atoms with Gasteiger partial charge >= 0.3 is 24.1 Å². The number of nitrogens with two attached hydrogens (primary N) is 2. The van der Waals surface area contributed by atoms with Gasteiger partial charge in [0.25, 0.3) is 0 Å². The Morgan fingerprint density at radius 1 is 0.667 bits per heavy atom. The number of hydrogen-bond acceptors (Lipinski definition) is 8. The van der Waals surface area contributed by atoms with E-state index in [0.29, 0.717) is 22.7 Å². The molecule has 0 spiro atoms. The Kier molecular flexibility index (Phi) is 6.16. The Labute approximate surface area is 171 Å². The molecule has 30 heavy (non-hydrogen) atoms. The largest absolute Gasteiger partial charge is 0.419 e. The number of carbonyl (C=O) groups is 4. The topological polar surface area (TPSA) is 163 Å². The summed E-state index contributed by atoms with van der Waals surface area (Å²) in [5.74, 6) is -2.75. The summed E-state index contributed by atoms with van der Waals surface area (Å²) in [5, 5.41) is 4.80. The molecule has 0 unspecified atom stereocenters. The SMILES string of the molecule is Nc1ccc(NC(=O)OC(=O)C2CC(C(=O)OC(=O)Nc3ccc(N)cc3)C2)cc1. The van der Waals surface area contributed by atoms with Crippen LogP contribution in [0.25, 0.3) is 0 Å². The Balaban J connectivity index is 1.38. The molecule has 0 aliphatic heterocycles. The number of ether oxygens (including phenoxy) is 2. The van der Waals surface area contributed by atoms with E-state index in [1.54, 1.807) is 48.5 Å². The molecule has 1 fully saturated rings. The average molecular weight is 412 g/mol. The van der Waals surface area contributed by atoms with Gasteiger partial charge in [0.2, 0.25) is 0 Å². The molecule has 0 atom stereocenters. The van der Waals surface area contributed by atoms with Crippen LogP contribution in [0.1, 0.15) is 12.8 Å². The Morgan fingerprint density at radius 2 is 1.00 bits per heavy atom. The van der Waals surface area contributed by atoms with Gasteiger partial charge in [-0.3, -0.25) is 20.2 Å². The van der Waals surface area contributed by atoms with Gasteiger partial charge in [0, 0.05) is 22.7 Å². The van der Waals surface area contributed by atoms with E-state index >= 15 is 0 Å². The number of nitrogen functional groups attached to an aromatic ring is 2. The predicted octanol–water partition coefficient (Wildman–Crippen LogP) is 2.73. The van der Waals surface area contributed by atoms with Crippen molar-refractivity contribution in [3.05, 3.63) is 48.5 Å². The summed E-state index contributed by atoms with van der Waals surface area (Å²) in [5.41, 5.74) is 13.0. The summed E-state index contributed by atoms with van der Waals surface area (Å²) in [6.45, 7) is 0. The monoisotopic (exact) mass is 412 g/mol. The fraction of sp³-hybridized carbons (Fsp3) is 0.200. The lowest BCUT2D eigenvalue weighted by Crippen LogP contribution is -2.39. The van der Waals surface area contributed by atoms with Crippen LogP contribution in [0.5, 0.6) is 0 Å². The Bertz CT molecular complexity index is 875. The maximum Gasteiger partial charge on any atom is 0.419 e. The summed E-state index contributed by atoms with van der Waals surface area (Å²) < 4.78 is 9.45. The lowest BCUT2D eigenvalue weighted by Gasteiger charge is -2.30. The van der Waals surface area contributed by atoms with Gasteiger partial charge in [-0.05, 0) is 61.4 Å². The molecule has 0 saturated heterocycles. The molecule has 0 radical (unpaired) electrons. The molecule has 0 aromatic heterocycles. The molecule has 0 heterocycles. The summed E-state index contributed by atoms with van der Waals surface area (Å²) in [4.78, 5) is 47.5. The highest BCUT2D eigenvalue weighted by molar-refractivity contribution is 5.96. The number of hydrogen-bond donors (Lipinski definition) is 4. The second-order valence-electron chi connectivity index (χ2n) is 6.78. The maximum atomic E-state index is 12.0. The van der Waals surface area contributed by atoms with Crippen molar-refractivity contribution in [1.29, 1.82) is 0 Å². The zero-order valence-corrected chi connectivity index (χ0v) is 15.8. The highest BCUT2D eigenvalue weighted by Gasteiger charge is 2.42. The van der Waals surface area contributed by atoms with Gasteiger partial charge in [0.1, 0.15) is 0 Å². The van der Waals surface area contributed by atoms with Crippen LogP contribution >= 0.6 is 0 Å². The highest BCUT2D eigenvalue weighted by Crippen LogP contribution is 2.35. The van der Waals surface area contributed by atoms with Gasteiger partial charge < -0.3 is 20.9 Å². The van der Waals surface area contributed by atoms with E-state index in [4.69, 9.17) is 20.9 Å². The molecule has 10 nitrogen and oxygen atoms in total. The number of nitrogens with one attached hydrogen (secondary N) is 2. The second-order valence-corrected chi connectivity index (χ2v) is 6.78. The molecule has 1 aliphatic carbocycles. The van der Waals surface area contributed by atoms with E-state index in [2.05, 4.69) is 10.6 Å². The Hall–Kier alpha value is -4.08. The van der Waals surface area contributed by atoms with E-state index in [9.17, 15) is 19.2 Å². The third-order valence-electron chi connectivity index (χ3n) is 4.51. The molecule has 0 bridgehead atoms. The van der Waals surface area contributed by atoms with Crippen LogP contribution in [0.2, 0.25) is 0 Å². The van der Waals surface area contributed by atoms with Crippen LogP contribution in [0.3, 0.4) is 0 Å². The van der Waals surface area contributed by atoms with Crippen molar-refractivity contribution >= 4 is 46.9 Å². The van der Waals surface area contributed by atoms with Crippen LogP contribution in [-0.2, 0) is 19.1 Å². The van der Waals surface area contributed by atoms with Crippen molar-refractivity contribution in [2.75, 3.05) is 22.1 Å². The van der Waals surface area contributed by atoms with Gasteiger partial charge in [-0.1, -0.05) is 0 Å². The third-order valence-corrected chi connectivity index (χ3v) is 4.51. The molecule has 156 valence electrons. The first-order chi connectivity index (χ1) is 14.3. The molecule has 2 aromatic carbocycles. The molecule has 6 N–H and O–H groups in total. The van der Waals surface area contributed by atoms with E-state index < -0.39 is 36.0 Å². The average Bonchev–Trinajstić information content (AvgIpc) is 2.64. The fourth-order valence-corrected chi connectivity index (χ4v) is 2.77. The summed E-state index contributed by atoms with van der Waals surface area (Å²) in [6.07, 6.45) is -1.61. The van der Waals surface area contributed by atoms with Crippen LogP contribution < -0.4 is 22.1 Å². The van der Waals surface area contributed by atoms with E-state index in [1.165, 1.54) is 0 Å². The highest BCUT2D eigenvalue weighted by atomic mass is 16.6. The van der Waals surface area contributed by atoms with Crippen LogP contribution in [0, 0.1) is 11.8 Å². The predicted molar refractivity (Wildman–Crippen MR) is 108 cm³/mol. The first kappa shape index (κ1) is 20.6. The minimum Gasteiger partial charge on any atom is -0.399 e. The quantitative estimate of drug-likeness (QED) is 0.338. The van der Waals surface area contributed by atoms with Gasteiger partial charge in [0.15, 0.2) is 0 Å². The molecule has 2 aromatic rings. The molecule has 1 saturated carbocycles. The normalized spacial score (nSPS) is 17.2. The molecule has 2 amide bonds. The number of amides is 2. The van der Waals surface area contributed by atoms with Crippen LogP contribution in [0.15, 0.2) is 48.5 Å². The van der Waals surface area contributed by atoms with Crippen molar-refractivity contribution in [2.24, 2.45) is 11.8 Å². The number of anilines is 4. The molecular weight excluding hydrogens is 392 g/mol. The summed E-state index contributed by atoms with van der Waals surface area (Å²) in [7, 11) is 0. The second kappa shape index (κ2) is 8.95. The van der Waals surface area contributed by atoms with Crippen molar-refractivity contribution in [3.8, 4) is 0 Å². The number of benzene rings is 2. The standard InChI is InChI=1S/C20H20N4O6/c21-13-1-5-15(6-2-13)23-19(27)29-17(25)11-9-12(10-11)18(26)30-20(28)24-16-7-3-14(22)4-8-16/h1-8,11-12H,9-10,21-22H2,(H,23,27)(H,24,28). The number of esters is 2. The van der Waals surface area contributed by atoms with Crippen LogP contribution in [-0.4, -0.2) is 24.1 Å². The number of carbonyl (C=O) groups excluding carboxylic acids is 4. The van der Waals surface area contributed by atoms with Crippen molar-refractivity contribution in [3.63, 3.8) is 0 Å². The van der Waals surface area contributed by atoms with Gasteiger partial charge in [-0.15, -0.1) is 0 Å². The van der Waals surface area contributed by atoms with E-state index in [0.717, 1.165) is 0 Å². The fourth-order valence-electron chi connectivity index (χ4n) is 2.77. The molecule has 1 aliphatic rings. The molecule has 3 rings (SSSR count). The lowest BCUT2D eigenvalue weighted by atomic mass is 9.75. The summed E-state index contributed by atoms with van der Waals surface area (Å²) >= 11 is 0. The van der Waals surface area contributed by atoms with E-state index in [1.807, 2.05) is 0 Å². The van der Waals surface area contributed by atoms with Crippen molar-refractivity contribution in [1.82, 2.24) is 0 Å². The minimum absolute atomic E-state index is 0.127. The van der Waals surface area contributed by atoms with E-state index in [-0.39, 0.29) is 12.8 Å². The number of rotatable bonds is 4. The van der Waals surface area contributed by atoms with Gasteiger partial charge in [0.05, 0.1) is 11.8 Å². The lowest BCUT2D eigenvalue weighted by molar-refractivity contribution is -0.153. The van der Waals surface area contributed by atoms with Crippen molar-refractivity contribution < 1.29 is 28.7 Å². The zero-order chi connectivity index (χ0) is 21.7. The maximum absolute atomic E-state index is 12.0. The zero-order valence-electron chi connectivity index (χ0n) is 15.8. The Morgan fingerprint density at radius 3 is 1.33 bits per heavy atom. The van der Waals surface area contributed by atoms with Crippen LogP contribution in [0.4, 0.5) is 32.3 Å². The molecular formula is C20H20N4O6.